The van der Waals surface area contributed by atoms with E-state index >= 15 is 0 Å². The van der Waals surface area contributed by atoms with Gasteiger partial charge in [-0.2, -0.15) is 4.31 Å². The molecule has 9 nitrogen and oxygen atoms in total. The number of hydrogen-bond donors (Lipinski definition) is 0. The van der Waals surface area contributed by atoms with Gasteiger partial charge >= 0.3 is 0 Å². The molecule has 2 heterocycles. The fourth-order valence-corrected chi connectivity index (χ4v) is 5.98. The Morgan fingerprint density at radius 3 is 2.55 bits per heavy atom. The van der Waals surface area contributed by atoms with Crippen LogP contribution in [-0.2, 0) is 14.8 Å². The van der Waals surface area contributed by atoms with Crippen LogP contribution in [0.1, 0.15) is 24.8 Å². The molecule has 1 atom stereocenters. The number of benzene rings is 2. The molecule has 1 saturated carbocycles. The van der Waals surface area contributed by atoms with Gasteiger partial charge < -0.3 is 9.47 Å². The Morgan fingerprint density at radius 1 is 1.06 bits per heavy atom. The van der Waals surface area contributed by atoms with E-state index in [1.54, 1.807) is 18.2 Å². The number of carbonyl (C=O) groups is 1. The minimum Gasteiger partial charge on any atom is -0.454 e. The summed E-state index contributed by atoms with van der Waals surface area (Å²) in [5.74, 6) is 1.11. The maximum Gasteiger partial charge on any atom is 0.269 e. The molecule has 1 fully saturated rings. The molecule has 0 amide bonds. The summed E-state index contributed by atoms with van der Waals surface area (Å²) < 4.78 is 38.9. The normalized spacial score (nSPS) is 20.8. The lowest BCUT2D eigenvalue weighted by molar-refractivity contribution is -0.384. The highest BCUT2D eigenvalue weighted by Crippen LogP contribution is 2.43. The summed E-state index contributed by atoms with van der Waals surface area (Å²) in [7, 11) is -3.97. The number of sulfonamides is 1. The molecule has 0 unspecified atom stereocenters. The van der Waals surface area contributed by atoms with Crippen LogP contribution >= 0.6 is 0 Å². The van der Waals surface area contributed by atoms with E-state index in [0.29, 0.717) is 41.9 Å². The van der Waals surface area contributed by atoms with E-state index in [9.17, 15) is 23.3 Å². The van der Waals surface area contributed by atoms with Gasteiger partial charge in [-0.15, -0.1) is 0 Å². The van der Waals surface area contributed by atoms with Crippen LogP contribution in [0, 0.1) is 10.1 Å². The van der Waals surface area contributed by atoms with Crippen LogP contribution in [0.2, 0.25) is 0 Å². The Bertz CT molecular complexity index is 1230. The molecular formula is C21H18N2O7S. The van der Waals surface area contributed by atoms with Gasteiger partial charge in [-0.3, -0.25) is 14.9 Å². The van der Waals surface area contributed by atoms with Gasteiger partial charge in [0.25, 0.3) is 5.69 Å². The molecule has 3 aliphatic rings. The number of nitro benzene ring substituents is 1. The van der Waals surface area contributed by atoms with E-state index in [1.165, 1.54) is 28.6 Å². The number of rotatable bonds is 4. The molecule has 0 bridgehead atoms. The average Bonchev–Trinajstić information content (AvgIpc) is 3.39. The van der Waals surface area contributed by atoms with Crippen molar-refractivity contribution in [2.45, 2.75) is 30.2 Å². The Labute approximate surface area is 178 Å². The van der Waals surface area contributed by atoms with Crippen molar-refractivity contribution in [2.75, 3.05) is 13.3 Å². The molecule has 5 rings (SSSR count). The van der Waals surface area contributed by atoms with Crippen molar-refractivity contribution in [2.24, 2.45) is 0 Å². The highest BCUT2D eigenvalue weighted by molar-refractivity contribution is 7.89. The van der Waals surface area contributed by atoms with Crippen LogP contribution in [0.15, 0.2) is 52.9 Å². The van der Waals surface area contributed by atoms with Crippen molar-refractivity contribution in [1.29, 1.82) is 0 Å². The average molecular weight is 442 g/mol. The first-order chi connectivity index (χ1) is 14.9. The largest absolute Gasteiger partial charge is 0.454 e. The zero-order chi connectivity index (χ0) is 21.8. The summed E-state index contributed by atoms with van der Waals surface area (Å²) in [5.41, 5.74) is 1.73. The smallest absolute Gasteiger partial charge is 0.269 e. The van der Waals surface area contributed by atoms with Crippen LogP contribution < -0.4 is 9.47 Å². The van der Waals surface area contributed by atoms with Gasteiger partial charge in [0.2, 0.25) is 16.8 Å². The van der Waals surface area contributed by atoms with Gasteiger partial charge in [0.15, 0.2) is 17.3 Å². The molecule has 2 aliphatic heterocycles. The summed E-state index contributed by atoms with van der Waals surface area (Å²) in [6.07, 6.45) is 1.53. The number of non-ortho nitro benzene ring substituents is 1. The summed E-state index contributed by atoms with van der Waals surface area (Å²) in [6, 6.07) is 9.57. The van der Waals surface area contributed by atoms with Crippen molar-refractivity contribution in [3.63, 3.8) is 0 Å². The van der Waals surface area contributed by atoms with E-state index in [4.69, 9.17) is 9.47 Å². The summed E-state index contributed by atoms with van der Waals surface area (Å²) in [6.45, 7) is 0.164. The maximum atomic E-state index is 13.4. The zero-order valence-electron chi connectivity index (χ0n) is 16.3. The highest BCUT2D eigenvalue weighted by atomic mass is 32.2. The Hall–Kier alpha value is -3.24. The van der Waals surface area contributed by atoms with Gasteiger partial charge in [-0.1, -0.05) is 6.07 Å². The molecule has 0 spiro atoms. The third-order valence-electron chi connectivity index (χ3n) is 5.88. The maximum absolute atomic E-state index is 13.4. The Morgan fingerprint density at radius 2 is 1.81 bits per heavy atom. The first-order valence-corrected chi connectivity index (χ1v) is 11.2. The second-order valence-electron chi connectivity index (χ2n) is 7.59. The van der Waals surface area contributed by atoms with Gasteiger partial charge in [0.05, 0.1) is 15.9 Å². The second-order valence-corrected chi connectivity index (χ2v) is 9.48. The van der Waals surface area contributed by atoms with E-state index in [-0.39, 0.29) is 29.7 Å². The van der Waals surface area contributed by atoms with E-state index in [0.717, 1.165) is 5.56 Å². The predicted molar refractivity (Wildman–Crippen MR) is 109 cm³/mol. The third kappa shape index (κ3) is 3.19. The SMILES string of the molecule is O=C1CCC[C@H]2C1=C(c1ccc3c(c1)OCO3)CN2S(=O)(=O)c1ccc([N+](=O)[O-])cc1. The molecule has 0 N–H and O–H groups in total. The minimum atomic E-state index is -3.97. The van der Waals surface area contributed by atoms with Gasteiger partial charge in [-0.25, -0.2) is 8.42 Å². The Kier molecular flexibility index (Phi) is 4.56. The molecule has 31 heavy (non-hydrogen) atoms. The van der Waals surface area contributed by atoms with Gasteiger partial charge in [0, 0.05) is 30.7 Å². The van der Waals surface area contributed by atoms with Crippen molar-refractivity contribution in [1.82, 2.24) is 4.31 Å². The molecule has 160 valence electrons. The monoisotopic (exact) mass is 442 g/mol. The number of Topliss-reactive ketones (excluding diaryl/α,β-unsaturated/α-hetero) is 1. The van der Waals surface area contributed by atoms with E-state index < -0.39 is 21.0 Å². The minimum absolute atomic E-state index is 0.0394. The number of ketones is 1. The molecule has 10 heteroatoms. The van der Waals surface area contributed by atoms with Crippen molar-refractivity contribution >= 4 is 27.1 Å². The fourth-order valence-electron chi connectivity index (χ4n) is 4.39. The van der Waals surface area contributed by atoms with Crippen molar-refractivity contribution in [3.05, 3.63) is 63.7 Å². The summed E-state index contributed by atoms with van der Waals surface area (Å²) >= 11 is 0. The van der Waals surface area contributed by atoms with Crippen LogP contribution in [0.3, 0.4) is 0 Å². The topological polar surface area (TPSA) is 116 Å². The number of nitro groups is 1. The van der Waals surface area contributed by atoms with Crippen LogP contribution in [0.4, 0.5) is 5.69 Å². The van der Waals surface area contributed by atoms with Crippen molar-refractivity contribution in [3.8, 4) is 11.5 Å². The highest BCUT2D eigenvalue weighted by Gasteiger charge is 2.44. The number of carbonyl (C=O) groups excluding carboxylic acids is 1. The first-order valence-electron chi connectivity index (χ1n) is 9.79. The number of nitrogens with zero attached hydrogens (tertiary/aromatic N) is 2. The van der Waals surface area contributed by atoms with Crippen LogP contribution in [0.25, 0.3) is 5.57 Å². The summed E-state index contributed by atoms with van der Waals surface area (Å²) in [4.78, 5) is 23.1. The molecule has 2 aromatic rings. The standard InChI is InChI=1S/C21H18N2O7S/c24-18-3-1-2-17-21(18)16(13-4-9-19-20(10-13)30-12-29-19)11-22(17)31(27,28)15-7-5-14(6-8-15)23(25)26/h4-10,17H,1-3,11-12H2/t17-/m0/s1. The molecular weight excluding hydrogens is 424 g/mol. The molecule has 0 aromatic heterocycles. The number of fused-ring (bicyclic) bond motifs is 2. The van der Waals surface area contributed by atoms with Gasteiger partial charge in [-0.05, 0) is 48.2 Å². The van der Waals surface area contributed by atoms with E-state index in [1.807, 2.05) is 0 Å². The van der Waals surface area contributed by atoms with E-state index in [2.05, 4.69) is 0 Å². The molecule has 2 aromatic carbocycles. The molecule has 0 radical (unpaired) electrons. The molecule has 0 saturated heterocycles. The third-order valence-corrected chi connectivity index (χ3v) is 7.75. The predicted octanol–water partition coefficient (Wildman–Crippen LogP) is 2.90. The Balaban J connectivity index is 1.55. The van der Waals surface area contributed by atoms with Gasteiger partial charge in [0.1, 0.15) is 0 Å². The fraction of sp³-hybridized carbons (Fsp3) is 0.286. The van der Waals surface area contributed by atoms with Crippen LogP contribution in [-0.4, -0.2) is 42.8 Å². The second kappa shape index (κ2) is 7.17. The molecule has 1 aliphatic carbocycles. The number of hydrogen-bond acceptors (Lipinski definition) is 7. The lowest BCUT2D eigenvalue weighted by atomic mass is 9.86. The van der Waals surface area contributed by atoms with Crippen molar-refractivity contribution < 1.29 is 27.6 Å². The summed E-state index contributed by atoms with van der Waals surface area (Å²) in [5, 5.41) is 10.9. The quantitative estimate of drug-likeness (QED) is 0.528. The zero-order valence-corrected chi connectivity index (χ0v) is 17.1. The number of ether oxygens (including phenoxy) is 2. The lowest BCUT2D eigenvalue weighted by Crippen LogP contribution is -2.40. The first kappa shape index (κ1) is 19.7. The van der Waals surface area contributed by atoms with Crippen LogP contribution in [0.5, 0.6) is 11.5 Å². The lowest BCUT2D eigenvalue weighted by Gasteiger charge is -2.28.